The Morgan fingerprint density at radius 2 is 2.00 bits per heavy atom. The van der Waals surface area contributed by atoms with Crippen molar-refractivity contribution in [1.29, 1.82) is 0 Å². The minimum atomic E-state index is -0.468. The maximum Gasteiger partial charge on any atom is 0.329 e. The molecule has 2 rings (SSSR count). The minimum absolute atomic E-state index is 0.272. The van der Waals surface area contributed by atoms with E-state index < -0.39 is 11.2 Å². The van der Waals surface area contributed by atoms with Gasteiger partial charge < -0.3 is 0 Å². The van der Waals surface area contributed by atoms with Crippen LogP contribution in [0.2, 0.25) is 0 Å². The number of rotatable bonds is 6. The van der Waals surface area contributed by atoms with Gasteiger partial charge in [-0.3, -0.25) is 18.7 Å². The van der Waals surface area contributed by atoms with E-state index in [0.717, 1.165) is 19.3 Å². The van der Waals surface area contributed by atoms with E-state index in [-0.39, 0.29) is 13.1 Å². The highest BCUT2D eigenvalue weighted by Gasteiger charge is 2.21. The van der Waals surface area contributed by atoms with E-state index in [1.165, 1.54) is 4.57 Å². The molecule has 5 nitrogen and oxygen atoms in total. The topological polar surface area (TPSA) is 67.2 Å². The zero-order chi connectivity index (χ0) is 13.8. The molecule has 0 atom stereocenters. The third kappa shape index (κ3) is 3.12. The number of nitrogens with zero attached hydrogens (tertiary/aromatic N) is 2. The zero-order valence-corrected chi connectivity index (χ0v) is 11.2. The molecule has 0 radical (unpaired) electrons. The molecule has 7 heteroatoms. The number of aliphatic imine (C=N–C) groups is 1. The largest absolute Gasteiger partial charge is 0.329 e. The number of unbranched alkanes of at least 4 members (excludes halogenated alkanes) is 3. The van der Waals surface area contributed by atoms with Crippen molar-refractivity contribution in [3.05, 3.63) is 26.4 Å². The number of hydrogen-bond donors (Lipinski definition) is 1. The molecule has 0 fully saturated rings. The molecule has 104 valence electrons. The van der Waals surface area contributed by atoms with Crippen LogP contribution in [-0.2, 0) is 13.0 Å². The van der Waals surface area contributed by atoms with Crippen molar-refractivity contribution in [3.63, 3.8) is 0 Å². The number of aromatic nitrogens is 2. The van der Waals surface area contributed by atoms with Crippen LogP contribution in [0.3, 0.4) is 0 Å². The van der Waals surface area contributed by atoms with Crippen LogP contribution in [0.5, 0.6) is 0 Å². The van der Waals surface area contributed by atoms with Crippen molar-refractivity contribution in [1.82, 2.24) is 9.55 Å². The molecule has 1 aromatic heterocycles. The van der Waals surface area contributed by atoms with Crippen LogP contribution in [0.4, 0.5) is 10.2 Å². The van der Waals surface area contributed by atoms with Crippen LogP contribution in [0, 0.1) is 0 Å². The lowest BCUT2D eigenvalue weighted by atomic mass is 10.2. The molecule has 1 N–H and O–H groups in total. The lowest BCUT2D eigenvalue weighted by molar-refractivity contribution is 0.447. The molecule has 1 aliphatic heterocycles. The quantitative estimate of drug-likeness (QED) is 0.812. The number of aromatic amines is 1. The summed E-state index contributed by atoms with van der Waals surface area (Å²) in [6.45, 7) is 0.145. The summed E-state index contributed by atoms with van der Waals surface area (Å²) in [7, 11) is 0. The van der Waals surface area contributed by atoms with Gasteiger partial charge in [-0.25, -0.2) is 9.79 Å². The van der Waals surface area contributed by atoms with E-state index in [4.69, 9.17) is 11.6 Å². The number of H-pyrrole nitrogens is 1. The van der Waals surface area contributed by atoms with Gasteiger partial charge in [0.2, 0.25) is 0 Å². The molecule has 0 bridgehead atoms. The Morgan fingerprint density at radius 1 is 1.26 bits per heavy atom. The van der Waals surface area contributed by atoms with E-state index in [2.05, 4.69) is 9.98 Å². The van der Waals surface area contributed by atoms with Gasteiger partial charge in [-0.1, -0.05) is 24.4 Å². The van der Waals surface area contributed by atoms with Crippen LogP contribution < -0.4 is 11.2 Å². The van der Waals surface area contributed by atoms with Crippen LogP contribution in [0.25, 0.3) is 0 Å². The summed E-state index contributed by atoms with van der Waals surface area (Å²) in [4.78, 5) is 29.7. The van der Waals surface area contributed by atoms with Gasteiger partial charge in [0.15, 0.2) is 0 Å². The first kappa shape index (κ1) is 14.0. The Labute approximate surface area is 114 Å². The maximum atomic E-state index is 11.9. The molecular weight excluding hydrogens is 273 g/mol. The van der Waals surface area contributed by atoms with Crippen molar-refractivity contribution in [2.24, 2.45) is 4.99 Å². The van der Waals surface area contributed by atoms with Gasteiger partial charge in [0.25, 0.3) is 5.56 Å². The van der Waals surface area contributed by atoms with Crippen molar-refractivity contribution >= 4 is 22.6 Å². The van der Waals surface area contributed by atoms with Gasteiger partial charge in [0.1, 0.15) is 11.0 Å². The summed E-state index contributed by atoms with van der Waals surface area (Å²) in [5.74, 6) is 0.365. The van der Waals surface area contributed by atoms with E-state index in [1.54, 1.807) is 0 Å². The summed E-state index contributed by atoms with van der Waals surface area (Å²) in [5, 5.41) is 0.317. The summed E-state index contributed by atoms with van der Waals surface area (Å²) in [6, 6.07) is 0. The second-order valence-corrected chi connectivity index (χ2v) is 4.92. The molecule has 0 saturated carbocycles. The predicted octanol–water partition coefficient (Wildman–Crippen LogP) is 1.89. The molecule has 1 aromatic rings. The Kier molecular flexibility index (Phi) is 4.52. The third-order valence-corrected chi connectivity index (χ3v) is 3.30. The normalized spacial score (nSPS) is 13.5. The van der Waals surface area contributed by atoms with Gasteiger partial charge in [0.05, 0.1) is 12.2 Å². The smallest absolute Gasteiger partial charge is 0.278 e. The first-order valence-corrected chi connectivity index (χ1v) is 6.66. The van der Waals surface area contributed by atoms with Crippen molar-refractivity contribution in [3.8, 4) is 0 Å². The number of hydrogen-bond acceptors (Lipinski definition) is 3. The molecule has 0 saturated heterocycles. The average molecular weight is 288 g/mol. The second-order valence-electron chi connectivity index (χ2n) is 4.48. The van der Waals surface area contributed by atoms with E-state index in [1.807, 2.05) is 0 Å². The molecule has 0 spiro atoms. The standard InChI is InChI=1S/C12H15ClFN3O2/c13-9-7-8-10(15-9)17(12(19)16-11(8)18)6-4-2-1-3-5-14/h1-7H2,(H,16,18,19). The highest BCUT2D eigenvalue weighted by Crippen LogP contribution is 2.23. The maximum absolute atomic E-state index is 11.9. The van der Waals surface area contributed by atoms with Crippen molar-refractivity contribution < 1.29 is 4.39 Å². The monoisotopic (exact) mass is 287 g/mol. The Bertz CT molecular complexity index is 606. The fourth-order valence-electron chi connectivity index (χ4n) is 2.11. The Hall–Kier alpha value is -1.43. The summed E-state index contributed by atoms with van der Waals surface area (Å²) in [6.07, 6.45) is 3.19. The highest BCUT2D eigenvalue weighted by atomic mass is 35.5. The van der Waals surface area contributed by atoms with Gasteiger partial charge in [-0.2, -0.15) is 0 Å². The average Bonchev–Trinajstić information content (AvgIpc) is 2.75. The third-order valence-electron chi connectivity index (χ3n) is 3.08. The van der Waals surface area contributed by atoms with Gasteiger partial charge in [-0.15, -0.1) is 0 Å². The lowest BCUT2D eigenvalue weighted by Crippen LogP contribution is -2.31. The zero-order valence-electron chi connectivity index (χ0n) is 10.4. The second kappa shape index (κ2) is 6.14. The van der Waals surface area contributed by atoms with Crippen LogP contribution >= 0.6 is 11.6 Å². The fraction of sp³-hybridized carbons (Fsp3) is 0.583. The number of alkyl halides is 1. The van der Waals surface area contributed by atoms with Crippen LogP contribution in [0.1, 0.15) is 31.2 Å². The Balaban J connectivity index is 2.15. The van der Waals surface area contributed by atoms with E-state index in [9.17, 15) is 14.0 Å². The molecule has 0 unspecified atom stereocenters. The molecule has 19 heavy (non-hydrogen) atoms. The SMILES string of the molecule is O=c1[nH]c(=O)n(CCCCCCF)c2c1CC(Cl)=N2. The minimum Gasteiger partial charge on any atom is -0.278 e. The highest BCUT2D eigenvalue weighted by molar-refractivity contribution is 6.66. The van der Waals surface area contributed by atoms with Crippen molar-refractivity contribution in [2.75, 3.05) is 6.67 Å². The van der Waals surface area contributed by atoms with E-state index in [0.29, 0.717) is 29.5 Å². The van der Waals surface area contributed by atoms with Gasteiger partial charge in [-0.05, 0) is 12.8 Å². The van der Waals surface area contributed by atoms with Crippen LogP contribution in [0.15, 0.2) is 14.6 Å². The first-order valence-electron chi connectivity index (χ1n) is 6.28. The van der Waals surface area contributed by atoms with Gasteiger partial charge >= 0.3 is 5.69 Å². The summed E-state index contributed by atoms with van der Waals surface area (Å²) in [5.41, 5.74) is -0.453. The fourth-order valence-corrected chi connectivity index (χ4v) is 2.33. The molecule has 0 aromatic carbocycles. The number of halogens is 2. The van der Waals surface area contributed by atoms with Crippen molar-refractivity contribution in [2.45, 2.75) is 38.6 Å². The summed E-state index contributed by atoms with van der Waals surface area (Å²) >= 11 is 5.82. The lowest BCUT2D eigenvalue weighted by Gasteiger charge is -2.08. The molecule has 2 heterocycles. The molecule has 0 aliphatic carbocycles. The predicted molar refractivity (Wildman–Crippen MR) is 72.4 cm³/mol. The van der Waals surface area contributed by atoms with E-state index >= 15 is 0 Å². The Morgan fingerprint density at radius 3 is 2.74 bits per heavy atom. The van der Waals surface area contributed by atoms with Crippen LogP contribution in [-0.4, -0.2) is 21.4 Å². The summed E-state index contributed by atoms with van der Waals surface area (Å²) < 4.78 is 13.4. The molecule has 1 aliphatic rings. The number of nitrogens with one attached hydrogen (secondary N) is 1. The molecule has 0 amide bonds. The number of fused-ring (bicyclic) bond motifs is 1. The molecular formula is C12H15ClFN3O2. The first-order chi connectivity index (χ1) is 9.13. The van der Waals surface area contributed by atoms with Gasteiger partial charge in [0, 0.05) is 13.0 Å².